The molecule has 132 valence electrons. The summed E-state index contributed by atoms with van der Waals surface area (Å²) in [6.45, 7) is 2.25. The third-order valence-corrected chi connectivity index (χ3v) is 4.45. The second-order valence-electron chi connectivity index (χ2n) is 6.47. The summed E-state index contributed by atoms with van der Waals surface area (Å²) >= 11 is 0. The molecule has 1 saturated heterocycles. The van der Waals surface area contributed by atoms with E-state index in [2.05, 4.69) is 22.8 Å². The SMILES string of the molecule is Cl.O=C(CC1NCCN(CCCc2ccccc2)C1=O)NC1CC1. The third kappa shape index (κ3) is 5.49. The summed E-state index contributed by atoms with van der Waals surface area (Å²) in [6.07, 6.45) is 4.33. The summed E-state index contributed by atoms with van der Waals surface area (Å²) in [5, 5.41) is 6.13. The summed E-state index contributed by atoms with van der Waals surface area (Å²) in [6, 6.07) is 10.3. The van der Waals surface area contributed by atoms with Crippen LogP contribution in [0.2, 0.25) is 0 Å². The number of piperazine rings is 1. The number of rotatable bonds is 7. The fraction of sp³-hybridized carbons (Fsp3) is 0.556. The highest BCUT2D eigenvalue weighted by molar-refractivity contribution is 5.89. The van der Waals surface area contributed by atoms with E-state index in [4.69, 9.17) is 0 Å². The van der Waals surface area contributed by atoms with Gasteiger partial charge in [0.2, 0.25) is 11.8 Å². The van der Waals surface area contributed by atoms with Crippen molar-refractivity contribution in [3.63, 3.8) is 0 Å². The van der Waals surface area contributed by atoms with Crippen molar-refractivity contribution in [1.82, 2.24) is 15.5 Å². The Kier molecular flexibility index (Phi) is 7.06. The number of carbonyl (C=O) groups excluding carboxylic acids is 2. The van der Waals surface area contributed by atoms with Gasteiger partial charge < -0.3 is 15.5 Å². The summed E-state index contributed by atoms with van der Waals surface area (Å²) in [5.41, 5.74) is 1.30. The Balaban J connectivity index is 0.00000208. The molecule has 2 amide bonds. The monoisotopic (exact) mass is 351 g/mol. The largest absolute Gasteiger partial charge is 0.353 e. The summed E-state index contributed by atoms with van der Waals surface area (Å²) in [5.74, 6) is 0.0553. The van der Waals surface area contributed by atoms with E-state index in [1.165, 1.54) is 5.56 Å². The molecule has 0 aromatic heterocycles. The van der Waals surface area contributed by atoms with Crippen LogP contribution >= 0.6 is 12.4 Å². The zero-order chi connectivity index (χ0) is 16.1. The topological polar surface area (TPSA) is 61.4 Å². The lowest BCUT2D eigenvalue weighted by Crippen LogP contribution is -2.56. The van der Waals surface area contributed by atoms with Crippen LogP contribution in [-0.2, 0) is 16.0 Å². The Morgan fingerprint density at radius 1 is 1.25 bits per heavy atom. The Bertz CT molecular complexity index is 548. The number of amides is 2. The first-order valence-electron chi connectivity index (χ1n) is 8.58. The first-order chi connectivity index (χ1) is 11.2. The van der Waals surface area contributed by atoms with Crippen LogP contribution in [-0.4, -0.2) is 48.4 Å². The van der Waals surface area contributed by atoms with Crippen LogP contribution in [0.5, 0.6) is 0 Å². The third-order valence-electron chi connectivity index (χ3n) is 4.45. The molecule has 0 spiro atoms. The predicted octanol–water partition coefficient (Wildman–Crippen LogP) is 1.51. The molecule has 1 unspecified atom stereocenters. The van der Waals surface area contributed by atoms with E-state index >= 15 is 0 Å². The van der Waals surface area contributed by atoms with Gasteiger partial charge in [0.25, 0.3) is 0 Å². The Morgan fingerprint density at radius 2 is 2.00 bits per heavy atom. The van der Waals surface area contributed by atoms with Crippen LogP contribution in [0.15, 0.2) is 30.3 Å². The minimum atomic E-state index is -0.362. The molecule has 1 atom stereocenters. The van der Waals surface area contributed by atoms with Crippen molar-refractivity contribution in [3.05, 3.63) is 35.9 Å². The number of aryl methyl sites for hydroxylation is 1. The quantitative estimate of drug-likeness (QED) is 0.782. The van der Waals surface area contributed by atoms with E-state index in [9.17, 15) is 9.59 Å². The van der Waals surface area contributed by atoms with Crippen molar-refractivity contribution in [3.8, 4) is 0 Å². The van der Waals surface area contributed by atoms with Gasteiger partial charge in [-0.1, -0.05) is 30.3 Å². The molecule has 1 aromatic carbocycles. The molecule has 1 aliphatic carbocycles. The molecule has 2 aliphatic rings. The highest BCUT2D eigenvalue weighted by Gasteiger charge is 2.31. The first kappa shape index (κ1) is 18.7. The van der Waals surface area contributed by atoms with Crippen LogP contribution in [0, 0.1) is 0 Å². The molecular formula is C18H26ClN3O2. The van der Waals surface area contributed by atoms with Crippen LogP contribution in [0.3, 0.4) is 0 Å². The van der Waals surface area contributed by atoms with Gasteiger partial charge in [-0.05, 0) is 31.2 Å². The minimum absolute atomic E-state index is 0. The van der Waals surface area contributed by atoms with Gasteiger partial charge in [0.15, 0.2) is 0 Å². The molecule has 2 N–H and O–H groups in total. The number of nitrogens with one attached hydrogen (secondary N) is 2. The molecule has 1 heterocycles. The molecular weight excluding hydrogens is 326 g/mol. The number of nitrogens with zero attached hydrogens (tertiary/aromatic N) is 1. The summed E-state index contributed by atoms with van der Waals surface area (Å²) in [7, 11) is 0. The molecule has 1 aliphatic heterocycles. The number of benzene rings is 1. The zero-order valence-corrected chi connectivity index (χ0v) is 14.7. The molecule has 1 saturated carbocycles. The van der Waals surface area contributed by atoms with E-state index < -0.39 is 0 Å². The van der Waals surface area contributed by atoms with Gasteiger partial charge in [0, 0.05) is 25.7 Å². The molecule has 3 rings (SSSR count). The number of halogens is 1. The van der Waals surface area contributed by atoms with Crippen LogP contribution in [0.25, 0.3) is 0 Å². The maximum Gasteiger partial charge on any atom is 0.240 e. The smallest absolute Gasteiger partial charge is 0.240 e. The van der Waals surface area contributed by atoms with E-state index in [-0.39, 0.29) is 36.7 Å². The zero-order valence-electron chi connectivity index (χ0n) is 13.9. The van der Waals surface area contributed by atoms with Gasteiger partial charge in [0.1, 0.15) is 0 Å². The van der Waals surface area contributed by atoms with E-state index in [0.717, 1.165) is 45.3 Å². The highest BCUT2D eigenvalue weighted by Crippen LogP contribution is 2.19. The Labute approximate surface area is 149 Å². The fourth-order valence-corrected chi connectivity index (χ4v) is 2.99. The van der Waals surface area contributed by atoms with Gasteiger partial charge >= 0.3 is 0 Å². The van der Waals surface area contributed by atoms with Gasteiger partial charge in [-0.25, -0.2) is 0 Å². The molecule has 24 heavy (non-hydrogen) atoms. The lowest BCUT2D eigenvalue weighted by atomic mass is 10.1. The van der Waals surface area contributed by atoms with Gasteiger partial charge in [-0.3, -0.25) is 9.59 Å². The number of carbonyl (C=O) groups is 2. The highest BCUT2D eigenvalue weighted by atomic mass is 35.5. The predicted molar refractivity (Wildman–Crippen MR) is 96.2 cm³/mol. The number of hydrogen-bond donors (Lipinski definition) is 2. The van der Waals surface area contributed by atoms with Crippen molar-refractivity contribution in [2.75, 3.05) is 19.6 Å². The van der Waals surface area contributed by atoms with E-state index in [1.54, 1.807) is 0 Å². The second kappa shape index (κ2) is 9.04. The second-order valence-corrected chi connectivity index (χ2v) is 6.47. The fourth-order valence-electron chi connectivity index (χ4n) is 2.99. The normalized spacial score (nSPS) is 20.4. The lowest BCUT2D eigenvalue weighted by molar-refractivity contribution is -0.138. The van der Waals surface area contributed by atoms with Crippen LogP contribution in [0.1, 0.15) is 31.2 Å². The minimum Gasteiger partial charge on any atom is -0.353 e. The summed E-state index contributed by atoms with van der Waals surface area (Å²) in [4.78, 5) is 26.3. The standard InChI is InChI=1S/C18H25N3O2.ClH/c22-17(20-15-8-9-15)13-16-18(23)21(12-10-19-16)11-4-7-14-5-2-1-3-6-14;/h1-3,5-6,15-16,19H,4,7-13H2,(H,20,22);1H. The maximum absolute atomic E-state index is 12.5. The van der Waals surface area contributed by atoms with Crippen molar-refractivity contribution >= 4 is 24.2 Å². The summed E-state index contributed by atoms with van der Waals surface area (Å²) < 4.78 is 0. The Morgan fingerprint density at radius 3 is 2.71 bits per heavy atom. The molecule has 6 heteroatoms. The molecule has 0 radical (unpaired) electrons. The lowest BCUT2D eigenvalue weighted by Gasteiger charge is -2.33. The van der Waals surface area contributed by atoms with Crippen molar-refractivity contribution in [2.24, 2.45) is 0 Å². The molecule has 2 fully saturated rings. The average molecular weight is 352 g/mol. The van der Waals surface area contributed by atoms with Crippen LogP contribution < -0.4 is 10.6 Å². The average Bonchev–Trinajstić information content (AvgIpc) is 3.36. The Hall–Kier alpha value is -1.59. The molecule has 0 bridgehead atoms. The van der Waals surface area contributed by atoms with Gasteiger partial charge in [-0.15, -0.1) is 12.4 Å². The van der Waals surface area contributed by atoms with E-state index in [1.807, 2.05) is 23.1 Å². The maximum atomic E-state index is 12.5. The van der Waals surface area contributed by atoms with Crippen molar-refractivity contribution in [1.29, 1.82) is 0 Å². The number of hydrogen-bond acceptors (Lipinski definition) is 3. The van der Waals surface area contributed by atoms with Gasteiger partial charge in [-0.2, -0.15) is 0 Å². The molecule has 1 aromatic rings. The van der Waals surface area contributed by atoms with E-state index in [0.29, 0.717) is 6.04 Å². The van der Waals surface area contributed by atoms with Crippen molar-refractivity contribution < 1.29 is 9.59 Å². The molecule has 5 nitrogen and oxygen atoms in total. The van der Waals surface area contributed by atoms with Crippen LogP contribution in [0.4, 0.5) is 0 Å². The first-order valence-corrected chi connectivity index (χ1v) is 8.58. The van der Waals surface area contributed by atoms with Gasteiger partial charge in [0.05, 0.1) is 12.5 Å². The van der Waals surface area contributed by atoms with Crippen molar-refractivity contribution in [2.45, 2.75) is 44.2 Å².